The smallest absolute Gasteiger partial charge is 0.262 e. The van der Waals surface area contributed by atoms with Crippen LogP contribution in [0.5, 0.6) is 5.75 Å². The van der Waals surface area contributed by atoms with Crippen molar-refractivity contribution in [3.63, 3.8) is 0 Å². The van der Waals surface area contributed by atoms with Crippen molar-refractivity contribution >= 4 is 11.6 Å². The first-order chi connectivity index (χ1) is 14.0. The molecule has 1 amide bonds. The number of hydrogen-bond donors (Lipinski definition) is 2. The second-order valence-electron chi connectivity index (χ2n) is 7.49. The molecular weight excluding hydrogens is 368 g/mol. The van der Waals surface area contributed by atoms with Gasteiger partial charge in [-0.2, -0.15) is 0 Å². The van der Waals surface area contributed by atoms with Gasteiger partial charge in [0.1, 0.15) is 5.75 Å². The minimum Gasteiger partial charge on any atom is -0.483 e. The van der Waals surface area contributed by atoms with E-state index in [1.807, 2.05) is 56.3 Å². The quantitative estimate of drug-likeness (QED) is 0.715. The van der Waals surface area contributed by atoms with Gasteiger partial charge in [0.15, 0.2) is 6.61 Å². The van der Waals surface area contributed by atoms with Gasteiger partial charge in [-0.25, -0.2) is 0 Å². The molecule has 0 aromatic heterocycles. The Kier molecular flexibility index (Phi) is 7.63. The number of nitrogens with zero attached hydrogens (tertiary/aromatic N) is 1. The Hall–Kier alpha value is -2.41. The molecule has 2 aromatic carbocycles. The number of ether oxygens (including phenoxy) is 2. The summed E-state index contributed by atoms with van der Waals surface area (Å²) in [4.78, 5) is 14.5. The van der Waals surface area contributed by atoms with Crippen LogP contribution in [-0.2, 0) is 9.53 Å². The van der Waals surface area contributed by atoms with Crippen LogP contribution >= 0.6 is 0 Å². The molecule has 1 fully saturated rings. The lowest BCUT2D eigenvalue weighted by Crippen LogP contribution is -2.37. The monoisotopic (exact) mass is 398 g/mol. The first-order valence-corrected chi connectivity index (χ1v) is 10.1. The number of rotatable bonds is 8. The number of aliphatic hydroxyl groups excluding tert-OH is 1. The van der Waals surface area contributed by atoms with Crippen molar-refractivity contribution in [2.45, 2.75) is 26.4 Å². The number of morpholine rings is 1. The predicted octanol–water partition coefficient (Wildman–Crippen LogP) is 3.08. The third-order valence-corrected chi connectivity index (χ3v) is 5.10. The molecule has 1 unspecified atom stereocenters. The topological polar surface area (TPSA) is 71.0 Å². The maximum absolute atomic E-state index is 12.2. The van der Waals surface area contributed by atoms with Gasteiger partial charge in [-0.15, -0.1) is 0 Å². The van der Waals surface area contributed by atoms with Gasteiger partial charge >= 0.3 is 0 Å². The Balaban J connectivity index is 1.45. The number of nitrogens with one attached hydrogen (secondary N) is 1. The van der Waals surface area contributed by atoms with E-state index < -0.39 is 6.10 Å². The van der Waals surface area contributed by atoms with Crippen LogP contribution in [0.2, 0.25) is 0 Å². The summed E-state index contributed by atoms with van der Waals surface area (Å²) >= 11 is 0. The molecule has 2 N–H and O–H groups in total. The molecule has 2 aromatic rings. The van der Waals surface area contributed by atoms with Crippen molar-refractivity contribution in [3.05, 3.63) is 59.2 Å². The van der Waals surface area contributed by atoms with E-state index in [-0.39, 0.29) is 12.5 Å². The summed E-state index contributed by atoms with van der Waals surface area (Å²) in [5.41, 5.74) is 3.62. The van der Waals surface area contributed by atoms with Crippen LogP contribution in [0.4, 0.5) is 5.69 Å². The van der Waals surface area contributed by atoms with Crippen molar-refractivity contribution in [2.75, 3.05) is 44.8 Å². The van der Waals surface area contributed by atoms with Crippen LogP contribution in [0.15, 0.2) is 42.5 Å². The van der Waals surface area contributed by atoms with E-state index in [9.17, 15) is 9.90 Å². The molecule has 0 spiro atoms. The van der Waals surface area contributed by atoms with Crippen LogP contribution < -0.4 is 10.1 Å². The molecular formula is C23H30N2O4. The average molecular weight is 399 g/mol. The van der Waals surface area contributed by atoms with E-state index in [1.54, 1.807) is 0 Å². The van der Waals surface area contributed by atoms with Crippen molar-refractivity contribution in [2.24, 2.45) is 0 Å². The second kappa shape index (κ2) is 10.4. The van der Waals surface area contributed by atoms with Gasteiger partial charge in [-0.05, 0) is 55.2 Å². The molecule has 6 heteroatoms. The van der Waals surface area contributed by atoms with Gasteiger partial charge in [0.25, 0.3) is 5.91 Å². The molecule has 6 nitrogen and oxygen atoms in total. The summed E-state index contributed by atoms with van der Waals surface area (Å²) in [6.07, 6.45) is 0.158. The molecule has 1 aliphatic rings. The van der Waals surface area contributed by atoms with Gasteiger partial charge in [0.05, 0.1) is 19.3 Å². The number of benzene rings is 2. The molecule has 1 saturated heterocycles. The maximum Gasteiger partial charge on any atom is 0.262 e. The fraction of sp³-hybridized carbons (Fsp3) is 0.435. The van der Waals surface area contributed by atoms with Crippen LogP contribution in [0.25, 0.3) is 0 Å². The number of carbonyl (C=O) groups excluding carboxylic acids is 1. The number of aliphatic hydroxyl groups is 1. The molecule has 0 aliphatic carbocycles. The lowest BCUT2D eigenvalue weighted by atomic mass is 10.1. The van der Waals surface area contributed by atoms with Crippen LogP contribution in [0, 0.1) is 13.8 Å². The van der Waals surface area contributed by atoms with Gasteiger partial charge in [-0.1, -0.05) is 24.3 Å². The van der Waals surface area contributed by atoms with Crippen LogP contribution in [0.3, 0.4) is 0 Å². The molecule has 1 atom stereocenters. The third kappa shape index (κ3) is 6.56. The zero-order chi connectivity index (χ0) is 20.6. The molecule has 0 radical (unpaired) electrons. The molecule has 1 heterocycles. The highest BCUT2D eigenvalue weighted by atomic mass is 16.5. The maximum atomic E-state index is 12.2. The van der Waals surface area contributed by atoms with Gasteiger partial charge in [0, 0.05) is 25.3 Å². The zero-order valence-corrected chi connectivity index (χ0v) is 17.2. The zero-order valence-electron chi connectivity index (χ0n) is 17.2. The number of aryl methyl sites for hydroxylation is 2. The number of carbonyl (C=O) groups is 1. The Morgan fingerprint density at radius 1 is 1.17 bits per heavy atom. The number of anilines is 1. The Bertz CT molecular complexity index is 801. The highest BCUT2D eigenvalue weighted by Crippen LogP contribution is 2.21. The SMILES string of the molecule is Cc1ccc(C)c(OCC(=O)Nc2ccc(C(O)CCN3CCOCC3)cc2)c1. The summed E-state index contributed by atoms with van der Waals surface area (Å²) in [6.45, 7) is 8.10. The summed E-state index contributed by atoms with van der Waals surface area (Å²) in [5.74, 6) is 0.505. The lowest BCUT2D eigenvalue weighted by Gasteiger charge is -2.27. The third-order valence-electron chi connectivity index (χ3n) is 5.10. The van der Waals surface area contributed by atoms with Gasteiger partial charge in [0.2, 0.25) is 0 Å². The first kappa shape index (κ1) is 21.3. The summed E-state index contributed by atoms with van der Waals surface area (Å²) in [5, 5.41) is 13.2. The Labute approximate surface area is 172 Å². The van der Waals surface area contributed by atoms with E-state index in [2.05, 4.69) is 10.2 Å². The minimum absolute atomic E-state index is 0.0474. The molecule has 156 valence electrons. The summed E-state index contributed by atoms with van der Waals surface area (Å²) < 4.78 is 11.0. The van der Waals surface area contributed by atoms with E-state index >= 15 is 0 Å². The minimum atomic E-state index is -0.518. The molecule has 0 bridgehead atoms. The lowest BCUT2D eigenvalue weighted by molar-refractivity contribution is -0.118. The Morgan fingerprint density at radius 2 is 1.90 bits per heavy atom. The molecule has 3 rings (SSSR count). The second-order valence-corrected chi connectivity index (χ2v) is 7.49. The summed E-state index contributed by atoms with van der Waals surface area (Å²) in [6, 6.07) is 13.2. The highest BCUT2D eigenvalue weighted by Gasteiger charge is 2.14. The molecule has 0 saturated carbocycles. The largest absolute Gasteiger partial charge is 0.483 e. The normalized spacial score (nSPS) is 15.7. The molecule has 29 heavy (non-hydrogen) atoms. The van der Waals surface area contributed by atoms with Crippen LogP contribution in [-0.4, -0.2) is 55.4 Å². The van der Waals surface area contributed by atoms with E-state index in [4.69, 9.17) is 9.47 Å². The number of amides is 1. The molecule has 1 aliphatic heterocycles. The van der Waals surface area contributed by atoms with Crippen molar-refractivity contribution in [1.29, 1.82) is 0 Å². The van der Waals surface area contributed by atoms with Crippen molar-refractivity contribution in [3.8, 4) is 5.75 Å². The standard InChI is InChI=1S/C23H30N2O4/c1-17-3-4-18(2)22(15-17)29-16-23(27)24-20-7-5-19(6-8-20)21(26)9-10-25-11-13-28-14-12-25/h3-8,15,21,26H,9-14,16H2,1-2H3,(H,24,27). The fourth-order valence-electron chi connectivity index (χ4n) is 3.29. The highest BCUT2D eigenvalue weighted by molar-refractivity contribution is 5.91. The van der Waals surface area contributed by atoms with E-state index in [0.717, 1.165) is 55.3 Å². The Morgan fingerprint density at radius 3 is 2.62 bits per heavy atom. The average Bonchev–Trinajstić information content (AvgIpc) is 2.74. The first-order valence-electron chi connectivity index (χ1n) is 10.1. The predicted molar refractivity (Wildman–Crippen MR) is 113 cm³/mol. The van der Waals surface area contributed by atoms with E-state index in [0.29, 0.717) is 12.1 Å². The fourth-order valence-corrected chi connectivity index (χ4v) is 3.29. The van der Waals surface area contributed by atoms with E-state index in [1.165, 1.54) is 0 Å². The number of hydrogen-bond acceptors (Lipinski definition) is 5. The van der Waals surface area contributed by atoms with Gasteiger partial charge < -0.3 is 19.9 Å². The summed E-state index contributed by atoms with van der Waals surface area (Å²) in [7, 11) is 0. The van der Waals surface area contributed by atoms with Crippen molar-refractivity contribution < 1.29 is 19.4 Å². The van der Waals surface area contributed by atoms with Crippen LogP contribution in [0.1, 0.15) is 29.2 Å². The van der Waals surface area contributed by atoms with Crippen molar-refractivity contribution in [1.82, 2.24) is 4.90 Å². The van der Waals surface area contributed by atoms with Gasteiger partial charge in [-0.3, -0.25) is 9.69 Å².